The van der Waals surface area contributed by atoms with Gasteiger partial charge in [0.05, 0.1) is 12.0 Å². The molecule has 1 aromatic carbocycles. The number of rotatable bonds is 5. The van der Waals surface area contributed by atoms with Crippen molar-refractivity contribution in [2.75, 3.05) is 40.0 Å². The number of aliphatic hydroxyl groups excluding tert-OH is 2. The second-order valence-electron chi connectivity index (χ2n) is 11.6. The summed E-state index contributed by atoms with van der Waals surface area (Å²) in [4.78, 5) is 31.0. The number of carbonyl (C=O) groups excluding carboxylic acids is 2. The zero-order valence-electron chi connectivity index (χ0n) is 24.0. The van der Waals surface area contributed by atoms with Gasteiger partial charge in [0.1, 0.15) is 24.1 Å². The van der Waals surface area contributed by atoms with E-state index >= 15 is 0 Å². The van der Waals surface area contributed by atoms with Crippen molar-refractivity contribution in [3.05, 3.63) is 35.6 Å². The first-order valence-electron chi connectivity index (χ1n) is 14.4. The molecule has 9 heteroatoms. The Morgan fingerprint density at radius 2 is 1.77 bits per heavy atom. The van der Waals surface area contributed by atoms with Crippen LogP contribution in [0.4, 0.5) is 4.39 Å². The molecule has 0 aromatic heterocycles. The molecule has 1 aliphatic carbocycles. The van der Waals surface area contributed by atoms with Crippen molar-refractivity contribution in [2.24, 2.45) is 5.92 Å². The molecule has 1 aliphatic heterocycles. The lowest BCUT2D eigenvalue weighted by Gasteiger charge is -2.42. The average molecular weight is 551 g/mol. The molecule has 2 amide bonds. The molecule has 1 heterocycles. The molecule has 4 atom stereocenters. The van der Waals surface area contributed by atoms with Crippen molar-refractivity contribution in [3.8, 4) is 0 Å². The van der Waals surface area contributed by atoms with E-state index in [9.17, 15) is 24.2 Å². The average Bonchev–Trinajstić information content (AvgIpc) is 3.40. The lowest BCUT2D eigenvalue weighted by Crippen LogP contribution is -2.56. The number of aliphatic hydroxyl groups is 2. The van der Waals surface area contributed by atoms with Gasteiger partial charge in [-0.05, 0) is 55.7 Å². The smallest absolute Gasteiger partial charge is 0.233 e. The third kappa shape index (κ3) is 7.99. The molecular formula is C30H47FN2O6. The lowest BCUT2D eigenvalue weighted by atomic mass is 9.77. The number of ether oxygens (including phenoxy) is 2. The van der Waals surface area contributed by atoms with E-state index in [1.807, 2.05) is 4.90 Å². The Bertz CT molecular complexity index is 921. The highest BCUT2D eigenvalue weighted by atomic mass is 19.1. The van der Waals surface area contributed by atoms with Gasteiger partial charge in [-0.2, -0.15) is 0 Å². The number of hydrogen-bond acceptors (Lipinski definition) is 6. The minimum Gasteiger partial charge on any atom is -0.388 e. The fourth-order valence-electron chi connectivity index (χ4n) is 6.10. The fourth-order valence-corrected chi connectivity index (χ4v) is 6.10. The van der Waals surface area contributed by atoms with Crippen molar-refractivity contribution in [2.45, 2.75) is 95.5 Å². The van der Waals surface area contributed by atoms with Crippen LogP contribution >= 0.6 is 0 Å². The number of nitrogens with zero attached hydrogens (tertiary/aromatic N) is 2. The summed E-state index contributed by atoms with van der Waals surface area (Å²) >= 11 is 0. The number of hydrogen-bond donors (Lipinski definition) is 2. The molecule has 8 nitrogen and oxygen atoms in total. The Hall–Kier alpha value is -2.07. The highest BCUT2D eigenvalue weighted by Crippen LogP contribution is 2.43. The zero-order chi connectivity index (χ0) is 28.6. The number of carbonyl (C=O) groups is 2. The van der Waals surface area contributed by atoms with E-state index in [2.05, 4.69) is 13.8 Å². The first-order chi connectivity index (χ1) is 18.6. The molecule has 0 spiro atoms. The monoisotopic (exact) mass is 550 g/mol. The van der Waals surface area contributed by atoms with Crippen LogP contribution in [0.1, 0.15) is 71.3 Å². The number of methoxy groups -OCH3 is 1. The SMILES string of the molecule is CO[C@@H]1CN(C(C)=O)C[C@@H](CC(C)C)N(C(=O)C2(c3ccc(F)cc3)CCCC2)CCCCOC[C@@H](O)[C@H]1O. The Labute approximate surface area is 232 Å². The summed E-state index contributed by atoms with van der Waals surface area (Å²) in [5.41, 5.74) is 0.124. The van der Waals surface area contributed by atoms with Crippen molar-refractivity contribution in [1.82, 2.24) is 9.80 Å². The molecule has 1 saturated carbocycles. The van der Waals surface area contributed by atoms with Gasteiger partial charge in [0.25, 0.3) is 0 Å². The standard InChI is InChI=1S/C30H47FN2O6/c1-21(2)17-25-18-32(22(3)34)19-27(38-4)28(36)26(35)20-39-16-8-7-15-33(25)29(37)30(13-5-6-14-30)23-9-11-24(31)12-10-23/h9-12,21,25-28,35-36H,5-8,13-20H2,1-4H3/t25-,26-,27-,28-/m1/s1. The van der Waals surface area contributed by atoms with Gasteiger partial charge >= 0.3 is 0 Å². The van der Waals surface area contributed by atoms with Crippen molar-refractivity contribution >= 4 is 11.8 Å². The normalized spacial score (nSPS) is 27.4. The third-order valence-corrected chi connectivity index (χ3v) is 8.29. The quantitative estimate of drug-likeness (QED) is 0.584. The van der Waals surface area contributed by atoms with E-state index in [-0.39, 0.29) is 49.3 Å². The van der Waals surface area contributed by atoms with Crippen molar-refractivity contribution < 1.29 is 33.7 Å². The molecule has 2 aliphatic rings. The number of benzene rings is 1. The maximum absolute atomic E-state index is 14.6. The molecule has 0 bridgehead atoms. The van der Waals surface area contributed by atoms with Crippen molar-refractivity contribution in [1.29, 1.82) is 0 Å². The van der Waals surface area contributed by atoms with Crippen LogP contribution in [0.2, 0.25) is 0 Å². The molecule has 2 N–H and O–H groups in total. The highest BCUT2D eigenvalue weighted by Gasteiger charge is 2.46. The van der Waals surface area contributed by atoms with Crippen LogP contribution in [-0.2, 0) is 24.5 Å². The molecule has 2 fully saturated rings. The van der Waals surface area contributed by atoms with E-state index in [1.165, 1.54) is 26.2 Å². The Kier molecular flexibility index (Phi) is 11.7. The van der Waals surface area contributed by atoms with Gasteiger partial charge < -0.3 is 29.5 Å². The van der Waals surface area contributed by atoms with Gasteiger partial charge in [-0.15, -0.1) is 0 Å². The Balaban J connectivity index is 2.01. The number of halogens is 1. The van der Waals surface area contributed by atoms with E-state index in [4.69, 9.17) is 9.47 Å². The van der Waals surface area contributed by atoms with E-state index in [0.29, 0.717) is 45.3 Å². The van der Waals surface area contributed by atoms with Crippen LogP contribution in [0.15, 0.2) is 24.3 Å². The molecule has 1 saturated heterocycles. The second-order valence-corrected chi connectivity index (χ2v) is 11.6. The topological polar surface area (TPSA) is 99.5 Å². The first-order valence-corrected chi connectivity index (χ1v) is 14.4. The van der Waals surface area contributed by atoms with E-state index < -0.39 is 23.7 Å². The minimum absolute atomic E-state index is 0.0347. The van der Waals surface area contributed by atoms with E-state index in [0.717, 1.165) is 18.4 Å². The molecule has 39 heavy (non-hydrogen) atoms. The molecule has 220 valence electrons. The predicted octanol–water partition coefficient (Wildman–Crippen LogP) is 3.28. The molecule has 0 unspecified atom stereocenters. The summed E-state index contributed by atoms with van der Waals surface area (Å²) in [6.07, 6.45) is 2.12. The molecule has 1 aromatic rings. The maximum Gasteiger partial charge on any atom is 0.233 e. The van der Waals surface area contributed by atoms with E-state index in [1.54, 1.807) is 17.0 Å². The van der Waals surface area contributed by atoms with Crippen LogP contribution < -0.4 is 0 Å². The Morgan fingerprint density at radius 1 is 1.10 bits per heavy atom. The van der Waals surface area contributed by atoms with Gasteiger partial charge in [0.2, 0.25) is 11.8 Å². The van der Waals surface area contributed by atoms with Crippen molar-refractivity contribution in [3.63, 3.8) is 0 Å². The lowest BCUT2D eigenvalue weighted by molar-refractivity contribution is -0.145. The summed E-state index contributed by atoms with van der Waals surface area (Å²) in [5, 5.41) is 21.2. The fraction of sp³-hybridized carbons (Fsp3) is 0.733. The minimum atomic E-state index is -1.23. The zero-order valence-corrected chi connectivity index (χ0v) is 24.0. The summed E-state index contributed by atoms with van der Waals surface area (Å²) in [7, 11) is 1.44. The first kappa shape index (κ1) is 31.5. The summed E-state index contributed by atoms with van der Waals surface area (Å²) < 4.78 is 24.9. The maximum atomic E-state index is 14.6. The highest BCUT2D eigenvalue weighted by molar-refractivity contribution is 5.89. The van der Waals surface area contributed by atoms with Gasteiger partial charge in [-0.1, -0.05) is 38.8 Å². The predicted molar refractivity (Wildman–Crippen MR) is 147 cm³/mol. The molecule has 3 rings (SSSR count). The van der Waals surface area contributed by atoms with Crippen LogP contribution in [0.5, 0.6) is 0 Å². The largest absolute Gasteiger partial charge is 0.388 e. The van der Waals surface area contributed by atoms with Crippen LogP contribution in [0.25, 0.3) is 0 Å². The second kappa shape index (κ2) is 14.5. The van der Waals surface area contributed by atoms with Gasteiger partial charge in [-0.3, -0.25) is 9.59 Å². The summed E-state index contributed by atoms with van der Waals surface area (Å²) in [5.74, 6) is -0.227. The third-order valence-electron chi connectivity index (χ3n) is 8.29. The molecule has 0 radical (unpaired) electrons. The van der Waals surface area contributed by atoms with Gasteiger partial charge in [0, 0.05) is 46.3 Å². The van der Waals surface area contributed by atoms with Gasteiger partial charge in [0.15, 0.2) is 0 Å². The van der Waals surface area contributed by atoms with Gasteiger partial charge in [-0.25, -0.2) is 4.39 Å². The molecular weight excluding hydrogens is 503 g/mol. The summed E-state index contributed by atoms with van der Waals surface area (Å²) in [6, 6.07) is 6.08. The van der Waals surface area contributed by atoms with Crippen LogP contribution in [0.3, 0.4) is 0 Å². The summed E-state index contributed by atoms with van der Waals surface area (Å²) in [6.45, 7) is 6.88. The van der Waals surface area contributed by atoms with Crippen LogP contribution in [-0.4, -0.2) is 96.1 Å². The number of amides is 2. The van der Waals surface area contributed by atoms with Crippen LogP contribution in [0, 0.1) is 11.7 Å². The Morgan fingerprint density at radius 3 is 2.36 bits per heavy atom.